The highest BCUT2D eigenvalue weighted by molar-refractivity contribution is 6.06. The van der Waals surface area contributed by atoms with Crippen molar-refractivity contribution < 1.29 is 41.8 Å². The molecule has 0 aromatic heterocycles. The van der Waals surface area contributed by atoms with Crippen LogP contribution in [0, 0.1) is 0 Å². The zero-order chi connectivity index (χ0) is 27.9. The third-order valence-corrected chi connectivity index (χ3v) is 5.23. The van der Waals surface area contributed by atoms with E-state index in [0.717, 1.165) is 10.5 Å². The fraction of sp³-hybridized carbons (Fsp3) is 0.423. The molecule has 1 unspecified atom stereocenters. The first kappa shape index (κ1) is 28.8. The molecule has 0 saturated carbocycles. The van der Waals surface area contributed by atoms with Gasteiger partial charge in [-0.15, -0.1) is 0 Å². The number of carbonyl (C=O) groups is 3. The number of benzene rings is 2. The number of para-hydroxylation sites is 2. The van der Waals surface area contributed by atoms with Gasteiger partial charge in [-0.1, -0.05) is 42.5 Å². The number of anilines is 2. The average molecular weight is 538 g/mol. The molecule has 0 aliphatic carbocycles. The highest BCUT2D eigenvalue weighted by Crippen LogP contribution is 2.33. The number of fused-ring (bicyclic) bond motifs is 1. The summed E-state index contributed by atoms with van der Waals surface area (Å²) in [6, 6.07) is 14.2. The maximum atomic E-state index is 13.6. The highest BCUT2D eigenvalue weighted by Gasteiger charge is 2.39. The maximum absolute atomic E-state index is 13.6. The minimum atomic E-state index is -4.74. The van der Waals surface area contributed by atoms with E-state index in [2.05, 4.69) is 10.1 Å². The SMILES string of the molecule is CC(C)(C)OC(=O)NC1CN(C(=O)OCC(F)(F)F)c2ccccc2N(CCOCc2ccccc2)C1=O. The van der Waals surface area contributed by atoms with Crippen LogP contribution in [-0.4, -0.2) is 62.2 Å². The molecule has 2 aromatic rings. The Morgan fingerprint density at radius 1 is 1.00 bits per heavy atom. The molecule has 2 aromatic carbocycles. The van der Waals surface area contributed by atoms with Gasteiger partial charge >= 0.3 is 18.4 Å². The molecule has 0 saturated heterocycles. The Bertz CT molecular complexity index is 1120. The minimum absolute atomic E-state index is 0.0423. The van der Waals surface area contributed by atoms with Crippen molar-refractivity contribution in [2.24, 2.45) is 0 Å². The van der Waals surface area contributed by atoms with Crippen LogP contribution in [0.2, 0.25) is 0 Å². The van der Waals surface area contributed by atoms with Gasteiger partial charge < -0.3 is 24.4 Å². The van der Waals surface area contributed by atoms with Gasteiger partial charge in [0.05, 0.1) is 31.1 Å². The van der Waals surface area contributed by atoms with Crippen molar-refractivity contribution in [3.63, 3.8) is 0 Å². The number of halogens is 3. The highest BCUT2D eigenvalue weighted by atomic mass is 19.4. The summed E-state index contributed by atoms with van der Waals surface area (Å²) in [5, 5.41) is 2.44. The van der Waals surface area contributed by atoms with Gasteiger partial charge in [-0.05, 0) is 38.5 Å². The molecule has 1 aliphatic heterocycles. The summed E-state index contributed by atoms with van der Waals surface area (Å²) in [7, 11) is 0. The van der Waals surface area contributed by atoms with Gasteiger partial charge in [0.25, 0.3) is 5.91 Å². The van der Waals surface area contributed by atoms with Crippen molar-refractivity contribution >= 4 is 29.5 Å². The van der Waals surface area contributed by atoms with E-state index < -0.39 is 49.1 Å². The predicted octanol–water partition coefficient (Wildman–Crippen LogP) is 4.65. The number of amides is 3. The lowest BCUT2D eigenvalue weighted by Gasteiger charge is -2.26. The van der Waals surface area contributed by atoms with E-state index >= 15 is 0 Å². The summed E-state index contributed by atoms with van der Waals surface area (Å²) < 4.78 is 53.7. The first-order chi connectivity index (χ1) is 17.8. The van der Waals surface area contributed by atoms with Crippen LogP contribution < -0.4 is 15.1 Å². The van der Waals surface area contributed by atoms with Crippen LogP contribution in [0.5, 0.6) is 0 Å². The number of alkyl halides is 3. The van der Waals surface area contributed by atoms with Crippen molar-refractivity contribution in [2.75, 3.05) is 36.1 Å². The molecule has 0 bridgehead atoms. The lowest BCUT2D eigenvalue weighted by Crippen LogP contribution is -2.54. The van der Waals surface area contributed by atoms with E-state index in [1.54, 1.807) is 39.0 Å². The second kappa shape index (κ2) is 12.2. The van der Waals surface area contributed by atoms with Gasteiger partial charge in [-0.3, -0.25) is 9.69 Å². The largest absolute Gasteiger partial charge is 0.444 e. The van der Waals surface area contributed by atoms with Gasteiger partial charge in [-0.25, -0.2) is 9.59 Å². The number of ether oxygens (including phenoxy) is 3. The van der Waals surface area contributed by atoms with Crippen molar-refractivity contribution in [3.8, 4) is 0 Å². The monoisotopic (exact) mass is 537 g/mol. The van der Waals surface area contributed by atoms with E-state index in [1.165, 1.54) is 11.0 Å². The van der Waals surface area contributed by atoms with E-state index in [1.807, 2.05) is 30.3 Å². The normalized spacial score (nSPS) is 15.9. The molecule has 1 atom stereocenters. The van der Waals surface area contributed by atoms with Crippen LogP contribution >= 0.6 is 0 Å². The number of carbonyl (C=O) groups excluding carboxylic acids is 3. The molecule has 0 spiro atoms. The molecule has 0 fully saturated rings. The molecule has 38 heavy (non-hydrogen) atoms. The van der Waals surface area contributed by atoms with Gasteiger partial charge in [0.15, 0.2) is 6.61 Å². The fourth-order valence-electron chi connectivity index (χ4n) is 3.69. The van der Waals surface area contributed by atoms with Crippen molar-refractivity contribution in [1.29, 1.82) is 0 Å². The Kier molecular flexibility index (Phi) is 9.21. The topological polar surface area (TPSA) is 97.4 Å². The van der Waals surface area contributed by atoms with Crippen molar-refractivity contribution in [1.82, 2.24) is 5.32 Å². The van der Waals surface area contributed by atoms with Crippen LogP contribution in [0.25, 0.3) is 0 Å². The number of alkyl carbamates (subject to hydrolysis) is 1. The average Bonchev–Trinajstić information content (AvgIpc) is 2.94. The second-order valence-corrected chi connectivity index (χ2v) is 9.50. The number of nitrogens with zero attached hydrogens (tertiary/aromatic N) is 2. The molecule has 0 radical (unpaired) electrons. The van der Waals surface area contributed by atoms with E-state index in [0.29, 0.717) is 6.61 Å². The minimum Gasteiger partial charge on any atom is -0.444 e. The molecule has 12 heteroatoms. The standard InChI is InChI=1S/C26H30F3N3O6/c1-25(2,3)38-23(34)30-19-15-32(24(35)37-17-26(27,28)29)21-12-8-7-11-20(21)31(22(19)33)13-14-36-16-18-9-5-4-6-10-18/h4-12,19H,13-17H2,1-3H3,(H,30,34). The smallest absolute Gasteiger partial charge is 0.422 e. The lowest BCUT2D eigenvalue weighted by molar-refractivity contribution is -0.159. The molecule has 206 valence electrons. The van der Waals surface area contributed by atoms with Crippen molar-refractivity contribution in [2.45, 2.75) is 45.2 Å². The molecule has 1 heterocycles. The number of rotatable bonds is 7. The molecule has 9 nitrogen and oxygen atoms in total. The first-order valence-corrected chi connectivity index (χ1v) is 11.9. The summed E-state index contributed by atoms with van der Waals surface area (Å²) in [6.07, 6.45) is -6.99. The molecular weight excluding hydrogens is 507 g/mol. The van der Waals surface area contributed by atoms with E-state index in [-0.39, 0.29) is 24.5 Å². The summed E-state index contributed by atoms with van der Waals surface area (Å²) in [4.78, 5) is 41.1. The Morgan fingerprint density at radius 3 is 2.26 bits per heavy atom. The first-order valence-electron chi connectivity index (χ1n) is 11.9. The summed E-state index contributed by atoms with van der Waals surface area (Å²) in [5.41, 5.74) is 0.442. The Hall–Kier alpha value is -3.80. The van der Waals surface area contributed by atoms with Crippen LogP contribution in [-0.2, 0) is 25.6 Å². The zero-order valence-corrected chi connectivity index (χ0v) is 21.3. The van der Waals surface area contributed by atoms with Gasteiger partial charge in [0, 0.05) is 6.54 Å². The van der Waals surface area contributed by atoms with Gasteiger partial charge in [0.2, 0.25) is 0 Å². The molecule has 3 rings (SSSR count). The third-order valence-electron chi connectivity index (χ3n) is 5.23. The van der Waals surface area contributed by atoms with Crippen LogP contribution in [0.3, 0.4) is 0 Å². The molecule has 1 aliphatic rings. The van der Waals surface area contributed by atoms with E-state index in [9.17, 15) is 27.6 Å². The van der Waals surface area contributed by atoms with Crippen molar-refractivity contribution in [3.05, 3.63) is 60.2 Å². The maximum Gasteiger partial charge on any atom is 0.422 e. The molecule has 1 N–H and O–H groups in total. The fourth-order valence-corrected chi connectivity index (χ4v) is 3.69. The Balaban J connectivity index is 1.86. The lowest BCUT2D eigenvalue weighted by atomic mass is 10.2. The van der Waals surface area contributed by atoms with Crippen LogP contribution in [0.1, 0.15) is 26.3 Å². The quantitative estimate of drug-likeness (QED) is 0.517. The number of hydrogen-bond acceptors (Lipinski definition) is 6. The third kappa shape index (κ3) is 8.37. The van der Waals surface area contributed by atoms with Gasteiger partial charge in [0.1, 0.15) is 11.6 Å². The summed E-state index contributed by atoms with van der Waals surface area (Å²) in [6.45, 7) is 3.05. The number of nitrogens with one attached hydrogen (secondary N) is 1. The van der Waals surface area contributed by atoms with E-state index in [4.69, 9.17) is 9.47 Å². The summed E-state index contributed by atoms with van der Waals surface area (Å²) >= 11 is 0. The van der Waals surface area contributed by atoms with Gasteiger partial charge in [-0.2, -0.15) is 13.2 Å². The second-order valence-electron chi connectivity index (χ2n) is 9.50. The zero-order valence-electron chi connectivity index (χ0n) is 21.3. The molecule has 3 amide bonds. The Morgan fingerprint density at radius 2 is 1.63 bits per heavy atom. The summed E-state index contributed by atoms with van der Waals surface area (Å²) in [5.74, 6) is -0.599. The Labute approximate surface area is 218 Å². The molecular formula is C26H30F3N3O6. The van der Waals surface area contributed by atoms with Crippen LogP contribution in [0.4, 0.5) is 34.1 Å². The number of hydrogen-bond donors (Lipinski definition) is 1. The predicted molar refractivity (Wildman–Crippen MR) is 133 cm³/mol. The van der Waals surface area contributed by atoms with Crippen LogP contribution in [0.15, 0.2) is 54.6 Å².